The molecule has 4 rings (SSSR count). The van der Waals surface area contributed by atoms with Crippen LogP contribution in [0, 0.1) is 12.8 Å². The van der Waals surface area contributed by atoms with E-state index >= 15 is 0 Å². The Balaban J connectivity index is 1.77. The molecule has 0 N–H and O–H groups in total. The van der Waals surface area contributed by atoms with E-state index in [-0.39, 0.29) is 0 Å². The predicted octanol–water partition coefficient (Wildman–Crippen LogP) is 2.59. The zero-order valence-corrected chi connectivity index (χ0v) is 12.0. The Hall–Kier alpha value is -1.65. The zero-order valence-electron chi connectivity index (χ0n) is 12.0. The Bertz CT molecular complexity index is 616. The smallest absolute Gasteiger partial charge is 0.254 e. The Morgan fingerprint density at radius 1 is 1.15 bits per heavy atom. The quantitative estimate of drug-likeness (QED) is 0.842. The summed E-state index contributed by atoms with van der Waals surface area (Å²) in [4.78, 5) is 11.3. The van der Waals surface area contributed by atoms with Gasteiger partial charge in [0.2, 0.25) is 0 Å². The summed E-state index contributed by atoms with van der Waals surface area (Å²) in [5.41, 5.74) is 1.03. The third-order valence-corrected chi connectivity index (χ3v) is 4.90. The molecule has 2 aromatic rings. The van der Waals surface area contributed by atoms with Gasteiger partial charge in [-0.2, -0.15) is 14.6 Å². The molecule has 0 amide bonds. The summed E-state index contributed by atoms with van der Waals surface area (Å²) in [7, 11) is 0. The van der Waals surface area contributed by atoms with Gasteiger partial charge >= 0.3 is 0 Å². The average molecular weight is 271 g/mol. The van der Waals surface area contributed by atoms with E-state index in [2.05, 4.69) is 26.0 Å². The van der Waals surface area contributed by atoms with Crippen molar-refractivity contribution in [2.75, 3.05) is 11.4 Å². The highest BCUT2D eigenvalue weighted by Gasteiger charge is 2.34. The first-order valence-corrected chi connectivity index (χ1v) is 7.77. The maximum Gasteiger partial charge on any atom is 0.254 e. The third kappa shape index (κ3) is 1.87. The topological polar surface area (TPSA) is 46.3 Å². The lowest BCUT2D eigenvalue weighted by atomic mass is 9.76. The number of aromatic nitrogens is 4. The Labute approximate surface area is 119 Å². The first-order valence-electron chi connectivity index (χ1n) is 7.77. The molecule has 2 aromatic heterocycles. The maximum atomic E-state index is 4.46. The van der Waals surface area contributed by atoms with E-state index in [4.69, 9.17) is 0 Å². The predicted molar refractivity (Wildman–Crippen MR) is 77.8 cm³/mol. The average Bonchev–Trinajstić information content (AvgIpc) is 2.84. The monoisotopic (exact) mass is 271 g/mol. The van der Waals surface area contributed by atoms with Crippen LogP contribution in [0.1, 0.15) is 44.2 Å². The molecule has 20 heavy (non-hydrogen) atoms. The normalized spacial score (nSPS) is 24.1. The molecular weight excluding hydrogens is 250 g/mol. The van der Waals surface area contributed by atoms with Gasteiger partial charge in [0.25, 0.3) is 5.78 Å². The summed E-state index contributed by atoms with van der Waals surface area (Å²) in [5.74, 6) is 2.78. The van der Waals surface area contributed by atoms with Crippen molar-refractivity contribution in [1.82, 2.24) is 19.6 Å². The number of aryl methyl sites for hydroxylation is 1. The van der Waals surface area contributed by atoms with Crippen LogP contribution in [0.15, 0.2) is 12.4 Å². The van der Waals surface area contributed by atoms with E-state index in [9.17, 15) is 0 Å². The van der Waals surface area contributed by atoms with Gasteiger partial charge in [0.05, 0.1) is 0 Å². The molecule has 1 saturated carbocycles. The van der Waals surface area contributed by atoms with Crippen LogP contribution >= 0.6 is 0 Å². The van der Waals surface area contributed by atoms with Gasteiger partial charge in [-0.1, -0.05) is 6.42 Å². The van der Waals surface area contributed by atoms with Crippen molar-refractivity contribution in [2.45, 2.75) is 51.5 Å². The Morgan fingerprint density at radius 2 is 2.05 bits per heavy atom. The first kappa shape index (κ1) is 12.1. The molecule has 2 fully saturated rings. The molecule has 3 heterocycles. The van der Waals surface area contributed by atoms with Crippen molar-refractivity contribution >= 4 is 11.6 Å². The Kier molecular flexibility index (Phi) is 2.86. The van der Waals surface area contributed by atoms with E-state index in [1.54, 1.807) is 6.33 Å². The van der Waals surface area contributed by atoms with E-state index in [0.717, 1.165) is 23.9 Å². The molecule has 5 heteroatoms. The maximum absolute atomic E-state index is 4.46. The number of nitrogens with zero attached hydrogens (tertiary/aromatic N) is 5. The fraction of sp³-hybridized carbons (Fsp3) is 0.667. The highest BCUT2D eigenvalue weighted by Crippen LogP contribution is 2.38. The second-order valence-corrected chi connectivity index (χ2v) is 6.18. The van der Waals surface area contributed by atoms with Crippen molar-refractivity contribution in [2.24, 2.45) is 5.92 Å². The van der Waals surface area contributed by atoms with Gasteiger partial charge in [0.15, 0.2) is 0 Å². The molecule has 1 atom stereocenters. The number of hydrogen-bond donors (Lipinski definition) is 0. The lowest BCUT2D eigenvalue weighted by Crippen LogP contribution is -2.47. The summed E-state index contributed by atoms with van der Waals surface area (Å²) in [6, 6.07) is 2.85. The SMILES string of the molecule is Cc1cc(N2CCCCC2C2CCC2)n2ncnc2n1. The minimum absolute atomic E-state index is 0.687. The van der Waals surface area contributed by atoms with Crippen molar-refractivity contribution < 1.29 is 0 Å². The minimum Gasteiger partial charge on any atom is -0.353 e. The molecule has 2 aliphatic rings. The van der Waals surface area contributed by atoms with Crippen LogP contribution in [-0.2, 0) is 0 Å². The summed E-state index contributed by atoms with van der Waals surface area (Å²) >= 11 is 0. The molecule has 0 radical (unpaired) electrons. The number of hydrogen-bond acceptors (Lipinski definition) is 4. The van der Waals surface area contributed by atoms with E-state index < -0.39 is 0 Å². The van der Waals surface area contributed by atoms with Gasteiger partial charge < -0.3 is 4.90 Å². The molecular formula is C15H21N5. The first-order chi connectivity index (χ1) is 9.83. The van der Waals surface area contributed by atoms with Crippen LogP contribution in [-0.4, -0.2) is 32.2 Å². The standard InChI is InChI=1S/C15H21N5/c1-11-9-14(20-15(18-11)16-10-17-20)19-8-3-2-7-13(19)12-5-4-6-12/h9-10,12-13H,2-8H2,1H3. The fourth-order valence-electron chi connectivity index (χ4n) is 3.67. The highest BCUT2D eigenvalue weighted by atomic mass is 15.4. The van der Waals surface area contributed by atoms with Gasteiger partial charge in [-0.15, -0.1) is 0 Å². The van der Waals surface area contributed by atoms with Crippen LogP contribution < -0.4 is 4.90 Å². The van der Waals surface area contributed by atoms with E-state index in [0.29, 0.717) is 6.04 Å². The van der Waals surface area contributed by atoms with Crippen LogP contribution in [0.5, 0.6) is 0 Å². The third-order valence-electron chi connectivity index (χ3n) is 4.90. The van der Waals surface area contributed by atoms with Crippen molar-refractivity contribution in [3.63, 3.8) is 0 Å². The molecule has 0 bridgehead atoms. The minimum atomic E-state index is 0.687. The fourth-order valence-corrected chi connectivity index (χ4v) is 3.67. The molecule has 1 aliphatic carbocycles. The second kappa shape index (κ2) is 4.72. The van der Waals surface area contributed by atoms with Gasteiger partial charge in [-0.05, 0) is 44.9 Å². The van der Waals surface area contributed by atoms with E-state index in [1.165, 1.54) is 44.3 Å². The van der Waals surface area contributed by atoms with Crippen molar-refractivity contribution in [1.29, 1.82) is 0 Å². The lowest BCUT2D eigenvalue weighted by Gasteiger charge is -2.45. The van der Waals surface area contributed by atoms with Crippen LogP contribution in [0.25, 0.3) is 5.78 Å². The largest absolute Gasteiger partial charge is 0.353 e. The second-order valence-electron chi connectivity index (χ2n) is 6.18. The molecule has 0 spiro atoms. The number of piperidine rings is 1. The molecule has 106 valence electrons. The Morgan fingerprint density at radius 3 is 2.85 bits per heavy atom. The zero-order chi connectivity index (χ0) is 13.5. The van der Waals surface area contributed by atoms with Gasteiger partial charge in [-0.3, -0.25) is 0 Å². The van der Waals surface area contributed by atoms with Gasteiger partial charge in [0, 0.05) is 24.3 Å². The summed E-state index contributed by atoms with van der Waals surface area (Å²) in [6.07, 6.45) is 9.76. The number of anilines is 1. The molecule has 1 unspecified atom stereocenters. The van der Waals surface area contributed by atoms with Crippen LogP contribution in [0.3, 0.4) is 0 Å². The van der Waals surface area contributed by atoms with Crippen molar-refractivity contribution in [3.05, 3.63) is 18.1 Å². The summed E-state index contributed by atoms with van der Waals surface area (Å²) in [5, 5.41) is 4.37. The summed E-state index contributed by atoms with van der Waals surface area (Å²) < 4.78 is 1.91. The highest BCUT2D eigenvalue weighted by molar-refractivity contribution is 5.48. The molecule has 1 saturated heterocycles. The van der Waals surface area contributed by atoms with Gasteiger partial charge in [0.1, 0.15) is 12.1 Å². The molecule has 0 aromatic carbocycles. The van der Waals surface area contributed by atoms with E-state index in [1.807, 2.05) is 11.4 Å². The molecule has 1 aliphatic heterocycles. The molecule has 5 nitrogen and oxygen atoms in total. The summed E-state index contributed by atoms with van der Waals surface area (Å²) in [6.45, 7) is 3.18. The van der Waals surface area contributed by atoms with Gasteiger partial charge in [-0.25, -0.2) is 4.98 Å². The van der Waals surface area contributed by atoms with Crippen LogP contribution in [0.4, 0.5) is 5.82 Å². The number of fused-ring (bicyclic) bond motifs is 1. The van der Waals surface area contributed by atoms with Crippen molar-refractivity contribution in [3.8, 4) is 0 Å². The van der Waals surface area contributed by atoms with Crippen LogP contribution in [0.2, 0.25) is 0 Å². The lowest BCUT2D eigenvalue weighted by molar-refractivity contribution is 0.224. The number of rotatable bonds is 2.